The van der Waals surface area contributed by atoms with Crippen molar-refractivity contribution in [3.05, 3.63) is 83.3 Å². The minimum absolute atomic E-state index is 0.194. The SMILES string of the molecule is CC(C)c1cccc(N=Cc2ccc(C=Nc3cccc(C(C)C)c3)o2)c1.[Cl][Fe][Cl]. The Bertz CT molecular complexity index is 905. The average Bonchev–Trinajstić information content (AvgIpc) is 3.20. The van der Waals surface area contributed by atoms with Crippen LogP contribution < -0.4 is 0 Å². The first-order chi connectivity index (χ1) is 14.4. The molecule has 3 aromatic rings. The van der Waals surface area contributed by atoms with E-state index < -0.39 is 0 Å². The average molecular weight is 485 g/mol. The Morgan fingerprint density at radius 1 is 0.733 bits per heavy atom. The van der Waals surface area contributed by atoms with Crippen molar-refractivity contribution in [2.75, 3.05) is 0 Å². The Morgan fingerprint density at radius 2 is 1.13 bits per heavy atom. The van der Waals surface area contributed by atoms with Gasteiger partial charge in [-0.15, -0.1) is 0 Å². The quantitative estimate of drug-likeness (QED) is 0.255. The van der Waals surface area contributed by atoms with E-state index in [2.05, 4.69) is 61.9 Å². The van der Waals surface area contributed by atoms with Gasteiger partial charge in [0.1, 0.15) is 11.5 Å². The van der Waals surface area contributed by atoms with E-state index in [1.54, 1.807) is 12.4 Å². The molecule has 0 saturated heterocycles. The van der Waals surface area contributed by atoms with Crippen LogP contribution in [0, 0.1) is 0 Å². The van der Waals surface area contributed by atoms with Crippen molar-refractivity contribution in [2.24, 2.45) is 9.98 Å². The number of aliphatic imine (C=N–C) groups is 2. The summed E-state index contributed by atoms with van der Waals surface area (Å²) in [5.74, 6) is 2.39. The van der Waals surface area contributed by atoms with Crippen molar-refractivity contribution in [1.82, 2.24) is 0 Å². The summed E-state index contributed by atoms with van der Waals surface area (Å²) in [5, 5.41) is 0. The molecule has 0 unspecified atom stereocenters. The van der Waals surface area contributed by atoms with Gasteiger partial charge < -0.3 is 4.42 Å². The van der Waals surface area contributed by atoms with Gasteiger partial charge in [0.25, 0.3) is 0 Å². The molecule has 2 aromatic carbocycles. The molecule has 3 rings (SSSR count). The Hall–Kier alpha value is -1.84. The number of furan rings is 1. The predicted octanol–water partition coefficient (Wildman–Crippen LogP) is 8.40. The van der Waals surface area contributed by atoms with Crippen molar-refractivity contribution >= 4 is 44.0 Å². The van der Waals surface area contributed by atoms with Crippen molar-refractivity contribution < 1.29 is 17.6 Å². The van der Waals surface area contributed by atoms with Crippen LogP contribution in [0.4, 0.5) is 11.4 Å². The monoisotopic (exact) mass is 484 g/mol. The molecule has 0 aliphatic rings. The normalized spacial score (nSPS) is 11.6. The van der Waals surface area contributed by atoms with E-state index in [-0.39, 0.29) is 13.1 Å². The molecular weight excluding hydrogens is 459 g/mol. The van der Waals surface area contributed by atoms with Gasteiger partial charge in [-0.05, 0) is 59.4 Å². The molecule has 0 aliphatic carbocycles. The first-order valence-corrected chi connectivity index (χ1v) is 12.7. The molecule has 1 aromatic heterocycles. The maximum atomic E-state index is 5.78. The van der Waals surface area contributed by atoms with Gasteiger partial charge >= 0.3 is 33.3 Å². The van der Waals surface area contributed by atoms with E-state index in [1.165, 1.54) is 11.1 Å². The van der Waals surface area contributed by atoms with Crippen LogP contribution >= 0.6 is 20.2 Å². The zero-order chi connectivity index (χ0) is 21.9. The molecule has 6 heteroatoms. The fourth-order valence-electron chi connectivity index (χ4n) is 2.71. The van der Waals surface area contributed by atoms with Crippen molar-refractivity contribution in [3.63, 3.8) is 0 Å². The molecule has 0 aliphatic heterocycles. The van der Waals surface area contributed by atoms with E-state index >= 15 is 0 Å². The van der Waals surface area contributed by atoms with Crippen LogP contribution in [0.5, 0.6) is 0 Å². The van der Waals surface area contributed by atoms with Crippen LogP contribution in [-0.4, -0.2) is 12.4 Å². The van der Waals surface area contributed by atoms with Crippen LogP contribution in [0.2, 0.25) is 0 Å². The van der Waals surface area contributed by atoms with Crippen molar-refractivity contribution in [3.8, 4) is 0 Å². The van der Waals surface area contributed by atoms with Gasteiger partial charge in [-0.2, -0.15) is 0 Å². The number of hydrogen-bond acceptors (Lipinski definition) is 3. The molecule has 0 radical (unpaired) electrons. The van der Waals surface area contributed by atoms with Gasteiger partial charge in [-0.1, -0.05) is 52.0 Å². The van der Waals surface area contributed by atoms with Gasteiger partial charge in [0.2, 0.25) is 0 Å². The summed E-state index contributed by atoms with van der Waals surface area (Å²) in [7, 11) is 9.53. The van der Waals surface area contributed by atoms with Gasteiger partial charge in [-0.25, -0.2) is 0 Å². The molecule has 30 heavy (non-hydrogen) atoms. The molecule has 0 N–H and O–H groups in total. The molecule has 0 fully saturated rings. The molecule has 1 heterocycles. The fraction of sp³-hybridized carbons (Fsp3) is 0.250. The van der Waals surface area contributed by atoms with Gasteiger partial charge in [-0.3, -0.25) is 9.98 Å². The van der Waals surface area contributed by atoms with Crippen LogP contribution in [-0.2, 0) is 13.1 Å². The first kappa shape index (κ1) is 24.4. The summed E-state index contributed by atoms with van der Waals surface area (Å²) in [6.07, 6.45) is 3.49. The maximum absolute atomic E-state index is 5.78. The molecular formula is C24H26Cl2FeN2O. The van der Waals surface area contributed by atoms with Crippen molar-refractivity contribution in [1.29, 1.82) is 0 Å². The molecule has 0 saturated carbocycles. The summed E-state index contributed by atoms with van der Waals surface area (Å²) in [5.41, 5.74) is 4.41. The third-order valence-corrected chi connectivity index (χ3v) is 4.40. The Kier molecular flexibility index (Phi) is 10.4. The second kappa shape index (κ2) is 12.8. The summed E-state index contributed by atoms with van der Waals surface area (Å²) >= 11 is 0.194. The summed E-state index contributed by atoms with van der Waals surface area (Å²) in [6.45, 7) is 8.71. The Morgan fingerprint density at radius 3 is 1.50 bits per heavy atom. The van der Waals surface area contributed by atoms with Gasteiger partial charge in [0.15, 0.2) is 0 Å². The predicted molar refractivity (Wildman–Crippen MR) is 126 cm³/mol. The second-order valence-electron chi connectivity index (χ2n) is 7.31. The first-order valence-electron chi connectivity index (χ1n) is 9.66. The van der Waals surface area contributed by atoms with Crippen LogP contribution in [0.15, 0.2) is 75.1 Å². The number of benzene rings is 2. The number of halogens is 2. The van der Waals surface area contributed by atoms with E-state index in [0.717, 1.165) is 11.4 Å². The Labute approximate surface area is 193 Å². The standard InChI is InChI=1S/C24H26N2O.2ClH.Fe/c1-17(2)19-7-5-9-21(13-19)25-15-23-11-12-24(27-23)16-26-22-10-6-8-20(14-22)18(3)4;;;/h5-18H,1-4H3;2*1H;/q;;;+2/p-2. The molecule has 0 amide bonds. The summed E-state index contributed by atoms with van der Waals surface area (Å²) in [4.78, 5) is 9.04. The second-order valence-corrected chi connectivity index (χ2v) is 9.13. The van der Waals surface area contributed by atoms with Gasteiger partial charge in [0, 0.05) is 0 Å². The van der Waals surface area contributed by atoms with Crippen LogP contribution in [0.25, 0.3) is 0 Å². The number of hydrogen-bond donors (Lipinski definition) is 0. The molecule has 3 nitrogen and oxygen atoms in total. The third-order valence-electron chi connectivity index (χ3n) is 4.40. The van der Waals surface area contributed by atoms with E-state index in [1.807, 2.05) is 36.4 Å². The minimum atomic E-state index is 0.194. The van der Waals surface area contributed by atoms with Crippen LogP contribution in [0.1, 0.15) is 62.2 Å². The summed E-state index contributed by atoms with van der Waals surface area (Å²) in [6, 6.07) is 20.3. The van der Waals surface area contributed by atoms with Gasteiger partial charge in [0.05, 0.1) is 23.8 Å². The number of rotatable bonds is 6. The molecule has 0 spiro atoms. The molecule has 0 atom stereocenters. The van der Waals surface area contributed by atoms with E-state index in [4.69, 9.17) is 24.6 Å². The zero-order valence-electron chi connectivity index (χ0n) is 17.5. The third kappa shape index (κ3) is 8.12. The topological polar surface area (TPSA) is 37.9 Å². The fourth-order valence-corrected chi connectivity index (χ4v) is 2.71. The summed E-state index contributed by atoms with van der Waals surface area (Å²) < 4.78 is 5.78. The molecule has 160 valence electrons. The van der Waals surface area contributed by atoms with Crippen LogP contribution in [0.3, 0.4) is 0 Å². The molecule has 0 bridgehead atoms. The number of nitrogens with zero attached hydrogens (tertiary/aromatic N) is 2. The van der Waals surface area contributed by atoms with E-state index in [9.17, 15) is 0 Å². The van der Waals surface area contributed by atoms with E-state index in [0.29, 0.717) is 23.4 Å². The van der Waals surface area contributed by atoms with Crippen molar-refractivity contribution in [2.45, 2.75) is 39.5 Å². The zero-order valence-corrected chi connectivity index (χ0v) is 20.1. The Balaban J connectivity index is 0.00000101.